The highest BCUT2D eigenvalue weighted by atomic mass is 16.6. The molecule has 0 radical (unpaired) electrons. The fourth-order valence-corrected chi connectivity index (χ4v) is 2.38. The number of anilines is 1. The van der Waals surface area contributed by atoms with Crippen LogP contribution in [0.3, 0.4) is 0 Å². The predicted octanol–water partition coefficient (Wildman–Crippen LogP) is 2.02. The summed E-state index contributed by atoms with van der Waals surface area (Å²) in [7, 11) is 0. The second kappa shape index (κ2) is 7.98. The number of carbonyl (C=O) groups is 2. The number of hydroxylamine groups is 1. The highest BCUT2D eigenvalue weighted by Crippen LogP contribution is 2.18. The van der Waals surface area contributed by atoms with Gasteiger partial charge in [-0.2, -0.15) is 0 Å². The number of nitrogens with zero attached hydrogens (tertiary/aromatic N) is 2. The van der Waals surface area contributed by atoms with Crippen molar-refractivity contribution in [3.63, 3.8) is 0 Å². The van der Waals surface area contributed by atoms with Gasteiger partial charge in [0.1, 0.15) is 11.4 Å². The minimum absolute atomic E-state index is 0.113. The molecule has 3 N–H and O–H groups in total. The van der Waals surface area contributed by atoms with Crippen LogP contribution in [0.5, 0.6) is 0 Å². The van der Waals surface area contributed by atoms with Gasteiger partial charge in [0.15, 0.2) is 0 Å². The van der Waals surface area contributed by atoms with E-state index in [1.54, 1.807) is 29.3 Å². The zero-order valence-electron chi connectivity index (χ0n) is 14.7. The van der Waals surface area contributed by atoms with Gasteiger partial charge in [0.2, 0.25) is 0 Å². The Hall–Kier alpha value is -2.61. The van der Waals surface area contributed by atoms with Crippen molar-refractivity contribution in [1.82, 2.24) is 15.4 Å². The molecule has 8 heteroatoms. The summed E-state index contributed by atoms with van der Waals surface area (Å²) in [6.07, 6.45) is 4.89. The molecule has 1 saturated heterocycles. The van der Waals surface area contributed by atoms with Gasteiger partial charge in [0, 0.05) is 31.4 Å². The van der Waals surface area contributed by atoms with Crippen LogP contribution in [-0.4, -0.2) is 51.8 Å². The van der Waals surface area contributed by atoms with Gasteiger partial charge in [-0.15, -0.1) is 0 Å². The Bertz CT molecular complexity index is 637. The first kappa shape index (κ1) is 18.7. The quantitative estimate of drug-likeness (QED) is 0.437. The van der Waals surface area contributed by atoms with E-state index in [0.29, 0.717) is 18.9 Å². The van der Waals surface area contributed by atoms with E-state index in [0.717, 1.165) is 12.0 Å². The molecule has 0 unspecified atom stereocenters. The average molecular weight is 348 g/mol. The molecule has 1 aromatic heterocycles. The molecule has 136 valence electrons. The van der Waals surface area contributed by atoms with Gasteiger partial charge in [0.25, 0.3) is 5.91 Å². The van der Waals surface area contributed by atoms with Crippen molar-refractivity contribution in [2.75, 3.05) is 18.4 Å². The van der Waals surface area contributed by atoms with Gasteiger partial charge < -0.3 is 15.0 Å². The molecule has 1 fully saturated rings. The molecule has 1 aromatic rings. The molecule has 0 saturated carbocycles. The molecule has 1 atom stereocenters. The van der Waals surface area contributed by atoms with Gasteiger partial charge in [-0.25, -0.2) is 15.3 Å². The number of aromatic nitrogens is 1. The smallest absolute Gasteiger partial charge is 0.410 e. The highest BCUT2D eigenvalue weighted by molar-refractivity contribution is 5.90. The van der Waals surface area contributed by atoms with Crippen molar-refractivity contribution in [1.29, 1.82) is 0 Å². The Balaban J connectivity index is 1.86. The first-order valence-corrected chi connectivity index (χ1v) is 8.09. The molecule has 1 aliphatic rings. The van der Waals surface area contributed by atoms with Gasteiger partial charge >= 0.3 is 6.09 Å². The van der Waals surface area contributed by atoms with Crippen molar-refractivity contribution in [2.45, 2.75) is 38.8 Å². The maximum Gasteiger partial charge on any atom is 0.410 e. The Labute approximate surface area is 146 Å². The largest absolute Gasteiger partial charge is 0.444 e. The lowest BCUT2D eigenvalue weighted by molar-refractivity contribution is -0.124. The van der Waals surface area contributed by atoms with Gasteiger partial charge in [-0.1, -0.05) is 0 Å². The average Bonchev–Trinajstić information content (AvgIpc) is 3.01. The molecule has 25 heavy (non-hydrogen) atoms. The maximum absolute atomic E-state index is 12.1. The van der Waals surface area contributed by atoms with Crippen molar-refractivity contribution in [3.8, 4) is 0 Å². The number of carbonyl (C=O) groups excluding carboxylic acids is 2. The number of likely N-dealkylation sites (tertiary alicyclic amines) is 1. The van der Waals surface area contributed by atoms with Crippen molar-refractivity contribution >= 4 is 23.9 Å². The van der Waals surface area contributed by atoms with Crippen LogP contribution in [0.1, 0.15) is 32.8 Å². The second-order valence-electron chi connectivity index (χ2n) is 6.84. The summed E-state index contributed by atoms with van der Waals surface area (Å²) in [5.74, 6) is 0.0928. The number of amides is 2. The first-order valence-electron chi connectivity index (χ1n) is 8.09. The topological polar surface area (TPSA) is 104 Å². The zero-order valence-corrected chi connectivity index (χ0v) is 14.7. The number of ether oxygens (including phenoxy) is 1. The normalized spacial score (nSPS) is 17.6. The number of hydrogen-bond acceptors (Lipinski definition) is 6. The summed E-state index contributed by atoms with van der Waals surface area (Å²) >= 11 is 0. The van der Waals surface area contributed by atoms with E-state index in [9.17, 15) is 9.59 Å². The lowest BCUT2D eigenvalue weighted by Gasteiger charge is -2.24. The fraction of sp³-hybridized carbons (Fsp3) is 0.471. The second-order valence-corrected chi connectivity index (χ2v) is 6.84. The number of hydrogen-bond donors (Lipinski definition) is 3. The van der Waals surface area contributed by atoms with Crippen molar-refractivity contribution in [3.05, 3.63) is 30.0 Å². The maximum atomic E-state index is 12.1. The number of pyridine rings is 1. The van der Waals surface area contributed by atoms with Crippen LogP contribution in [-0.2, 0) is 9.53 Å². The third-order valence-electron chi connectivity index (χ3n) is 3.52. The Morgan fingerprint density at radius 3 is 2.76 bits per heavy atom. The van der Waals surface area contributed by atoms with Crippen LogP contribution in [0.25, 0.3) is 6.08 Å². The lowest BCUT2D eigenvalue weighted by Crippen LogP contribution is -2.36. The summed E-state index contributed by atoms with van der Waals surface area (Å²) in [5, 5.41) is 11.7. The standard InChI is InChI=1S/C17H24N4O4/c1-17(2,3)25-16(23)21-9-8-13(11-21)19-14-6-4-12(10-18-14)5-7-15(22)20-24/h4-7,10,13,24H,8-9,11H2,1-3H3,(H,18,19)(H,20,22)/t13-/m1/s1. The molecule has 0 aromatic carbocycles. The van der Waals surface area contributed by atoms with E-state index >= 15 is 0 Å². The van der Waals surface area contributed by atoms with Gasteiger partial charge in [-0.3, -0.25) is 10.0 Å². The zero-order chi connectivity index (χ0) is 18.4. The van der Waals surface area contributed by atoms with Crippen LogP contribution in [0, 0.1) is 0 Å². The van der Waals surface area contributed by atoms with Gasteiger partial charge in [-0.05, 0) is 51.0 Å². The van der Waals surface area contributed by atoms with E-state index in [4.69, 9.17) is 9.94 Å². The third-order valence-corrected chi connectivity index (χ3v) is 3.52. The summed E-state index contributed by atoms with van der Waals surface area (Å²) in [5.41, 5.74) is 1.75. The SMILES string of the molecule is CC(C)(C)OC(=O)N1CC[C@@H](Nc2ccc(C=CC(=O)NO)cn2)C1. The number of rotatable bonds is 4. The third kappa shape index (κ3) is 6.07. The van der Waals surface area contributed by atoms with Crippen LogP contribution in [0.4, 0.5) is 10.6 Å². The van der Waals surface area contributed by atoms with Crippen LogP contribution >= 0.6 is 0 Å². The molecular weight excluding hydrogens is 324 g/mol. The first-order chi connectivity index (χ1) is 11.8. The predicted molar refractivity (Wildman–Crippen MR) is 93.0 cm³/mol. The van der Waals surface area contributed by atoms with Crippen LogP contribution in [0.15, 0.2) is 24.4 Å². The Morgan fingerprint density at radius 1 is 1.40 bits per heavy atom. The summed E-state index contributed by atoms with van der Waals surface area (Å²) < 4.78 is 5.38. The minimum Gasteiger partial charge on any atom is -0.444 e. The minimum atomic E-state index is -0.601. The monoisotopic (exact) mass is 348 g/mol. The molecular formula is C17H24N4O4. The Kier molecular flexibility index (Phi) is 5.97. The summed E-state index contributed by atoms with van der Waals surface area (Å²) in [6, 6.07) is 3.71. The van der Waals surface area contributed by atoms with E-state index in [2.05, 4.69) is 10.3 Å². The lowest BCUT2D eigenvalue weighted by atomic mass is 10.2. The van der Waals surface area contributed by atoms with Crippen LogP contribution < -0.4 is 10.8 Å². The van der Waals surface area contributed by atoms with Crippen molar-refractivity contribution < 1.29 is 19.5 Å². The van der Waals surface area contributed by atoms with Gasteiger partial charge in [0.05, 0.1) is 0 Å². The van der Waals surface area contributed by atoms with Crippen molar-refractivity contribution in [2.24, 2.45) is 0 Å². The molecule has 2 rings (SSSR count). The van der Waals surface area contributed by atoms with Crippen LogP contribution in [0.2, 0.25) is 0 Å². The molecule has 1 aliphatic heterocycles. The number of nitrogens with one attached hydrogen (secondary N) is 2. The highest BCUT2D eigenvalue weighted by Gasteiger charge is 2.29. The molecule has 2 amide bonds. The van der Waals surface area contributed by atoms with E-state index in [-0.39, 0.29) is 12.1 Å². The van der Waals surface area contributed by atoms with E-state index in [1.807, 2.05) is 20.8 Å². The molecule has 8 nitrogen and oxygen atoms in total. The summed E-state index contributed by atoms with van der Waals surface area (Å²) in [4.78, 5) is 29.0. The summed E-state index contributed by atoms with van der Waals surface area (Å²) in [6.45, 7) is 6.75. The molecule has 0 aliphatic carbocycles. The molecule has 0 spiro atoms. The fourth-order valence-electron chi connectivity index (χ4n) is 2.38. The van der Waals surface area contributed by atoms with E-state index in [1.165, 1.54) is 11.6 Å². The van der Waals surface area contributed by atoms with E-state index < -0.39 is 11.5 Å². The Morgan fingerprint density at radius 2 is 2.16 bits per heavy atom. The molecule has 2 heterocycles. The molecule has 0 bridgehead atoms.